The standard InChI is InChI=1S/C27H23FN4O4/c28-20-2-1-3-23(33)24(20)25(34)15-4-6-16(7-5-15)26(35)31-21-13-30-14-22(21)32-27(36)17-8-9-18-11-29-12-19(18)10-17/h1-10,12,21-22,30,33H,11,13-14H2,(H,31,35)(H,32,36)/t21-,22-/m1/s1. The number of hydrogen-bond donors (Lipinski definition) is 4. The summed E-state index contributed by atoms with van der Waals surface area (Å²) in [6, 6.07) is 14.2. The highest BCUT2D eigenvalue weighted by Crippen LogP contribution is 2.23. The van der Waals surface area contributed by atoms with Gasteiger partial charge in [0.05, 0.1) is 24.2 Å². The molecule has 0 radical (unpaired) electrons. The summed E-state index contributed by atoms with van der Waals surface area (Å²) in [6.45, 7) is 1.61. The first kappa shape index (κ1) is 23.4. The number of benzene rings is 3. The topological polar surface area (TPSA) is 120 Å². The lowest BCUT2D eigenvalue weighted by Gasteiger charge is -2.21. The molecule has 2 heterocycles. The summed E-state index contributed by atoms with van der Waals surface area (Å²) < 4.78 is 14.0. The highest BCUT2D eigenvalue weighted by Gasteiger charge is 2.30. The van der Waals surface area contributed by atoms with Crippen LogP contribution in [0.1, 0.15) is 47.8 Å². The summed E-state index contributed by atoms with van der Waals surface area (Å²) in [6.07, 6.45) is 1.75. The Balaban J connectivity index is 1.23. The molecule has 3 aromatic carbocycles. The molecule has 2 aliphatic heterocycles. The van der Waals surface area contributed by atoms with Crippen molar-refractivity contribution in [1.82, 2.24) is 16.0 Å². The SMILES string of the molecule is O=C(N[C@@H]1CNC[C@H]1NC(=O)c1ccc2c(c1)C=NC2)c1ccc(C(=O)c2c(O)cccc2F)cc1. The fourth-order valence-corrected chi connectivity index (χ4v) is 4.38. The van der Waals surface area contributed by atoms with E-state index < -0.39 is 22.9 Å². The number of halogens is 1. The fourth-order valence-electron chi connectivity index (χ4n) is 4.38. The Kier molecular flexibility index (Phi) is 6.30. The van der Waals surface area contributed by atoms with Crippen molar-refractivity contribution in [3.63, 3.8) is 0 Å². The van der Waals surface area contributed by atoms with E-state index in [1.54, 1.807) is 18.3 Å². The van der Waals surface area contributed by atoms with Gasteiger partial charge in [-0.2, -0.15) is 0 Å². The number of rotatable bonds is 6. The van der Waals surface area contributed by atoms with E-state index in [0.29, 0.717) is 30.8 Å². The summed E-state index contributed by atoms with van der Waals surface area (Å²) in [5.41, 5.74) is 2.57. The van der Waals surface area contributed by atoms with Crippen molar-refractivity contribution >= 4 is 23.8 Å². The Morgan fingerprint density at radius 1 is 0.889 bits per heavy atom. The number of phenolic OH excluding ortho intramolecular Hbond substituents is 1. The summed E-state index contributed by atoms with van der Waals surface area (Å²) in [7, 11) is 0. The number of hydrogen-bond acceptors (Lipinski definition) is 6. The molecule has 5 rings (SSSR count). The zero-order valence-electron chi connectivity index (χ0n) is 19.1. The maximum absolute atomic E-state index is 14.0. The van der Waals surface area contributed by atoms with Gasteiger partial charge in [0.25, 0.3) is 11.8 Å². The Labute approximate surface area is 206 Å². The average Bonchev–Trinajstić information content (AvgIpc) is 3.52. The minimum atomic E-state index is -0.823. The molecule has 1 saturated heterocycles. The highest BCUT2D eigenvalue weighted by molar-refractivity contribution is 6.11. The number of nitrogens with one attached hydrogen (secondary N) is 3. The van der Waals surface area contributed by atoms with E-state index in [1.165, 1.54) is 36.4 Å². The van der Waals surface area contributed by atoms with E-state index in [-0.39, 0.29) is 29.5 Å². The van der Waals surface area contributed by atoms with E-state index in [9.17, 15) is 23.9 Å². The zero-order valence-corrected chi connectivity index (χ0v) is 19.1. The number of amides is 2. The lowest BCUT2D eigenvalue weighted by molar-refractivity contribution is 0.0896. The van der Waals surface area contributed by atoms with E-state index in [4.69, 9.17) is 0 Å². The molecule has 1 fully saturated rings. The largest absolute Gasteiger partial charge is 0.507 e. The maximum atomic E-state index is 14.0. The fraction of sp³-hybridized carbons (Fsp3) is 0.185. The zero-order chi connectivity index (χ0) is 25.2. The summed E-state index contributed by atoms with van der Waals surface area (Å²) in [4.78, 5) is 42.5. The smallest absolute Gasteiger partial charge is 0.251 e. The number of phenols is 1. The number of ketones is 1. The second kappa shape index (κ2) is 9.71. The molecule has 0 aliphatic carbocycles. The average molecular weight is 487 g/mol. The number of carbonyl (C=O) groups excluding carboxylic acids is 3. The molecule has 9 heteroatoms. The molecule has 0 spiro atoms. The van der Waals surface area contributed by atoms with Crippen molar-refractivity contribution in [2.75, 3.05) is 13.1 Å². The van der Waals surface area contributed by atoms with Crippen molar-refractivity contribution in [3.8, 4) is 5.75 Å². The molecule has 2 aliphatic rings. The first-order valence-electron chi connectivity index (χ1n) is 11.5. The Morgan fingerprint density at radius 2 is 1.53 bits per heavy atom. The molecular weight excluding hydrogens is 463 g/mol. The van der Waals surface area contributed by atoms with Crippen molar-refractivity contribution in [3.05, 3.63) is 99.9 Å². The van der Waals surface area contributed by atoms with Crippen LogP contribution < -0.4 is 16.0 Å². The first-order valence-corrected chi connectivity index (χ1v) is 11.5. The molecule has 0 aromatic heterocycles. The van der Waals surface area contributed by atoms with Crippen molar-refractivity contribution in [1.29, 1.82) is 0 Å². The van der Waals surface area contributed by atoms with Crippen LogP contribution in [-0.4, -0.2) is 54.1 Å². The molecule has 0 unspecified atom stereocenters. The first-order chi connectivity index (χ1) is 17.4. The van der Waals surface area contributed by atoms with Gasteiger partial charge in [0.15, 0.2) is 5.78 Å². The van der Waals surface area contributed by atoms with Crippen molar-refractivity contribution < 1.29 is 23.9 Å². The predicted molar refractivity (Wildman–Crippen MR) is 131 cm³/mol. The van der Waals surface area contributed by atoms with Gasteiger partial charge in [-0.05, 0) is 47.5 Å². The molecule has 2 atom stereocenters. The van der Waals surface area contributed by atoms with Gasteiger partial charge in [0, 0.05) is 36.0 Å². The van der Waals surface area contributed by atoms with Gasteiger partial charge in [0.1, 0.15) is 11.6 Å². The van der Waals surface area contributed by atoms with Gasteiger partial charge in [-0.3, -0.25) is 19.4 Å². The number of aliphatic imine (C=N–C) groups is 1. The van der Waals surface area contributed by atoms with Crippen LogP contribution >= 0.6 is 0 Å². The number of fused-ring (bicyclic) bond motifs is 1. The molecule has 2 amide bonds. The van der Waals surface area contributed by atoms with Gasteiger partial charge in [-0.15, -0.1) is 0 Å². The minimum absolute atomic E-state index is 0.138. The van der Waals surface area contributed by atoms with Gasteiger partial charge >= 0.3 is 0 Å². The Hall–Kier alpha value is -4.37. The van der Waals surface area contributed by atoms with Crippen LogP contribution in [-0.2, 0) is 6.54 Å². The molecule has 4 N–H and O–H groups in total. The summed E-state index contributed by atoms with van der Waals surface area (Å²) in [5, 5.41) is 18.9. The van der Waals surface area contributed by atoms with E-state index in [1.807, 2.05) is 6.07 Å². The van der Waals surface area contributed by atoms with Gasteiger partial charge < -0.3 is 21.1 Å². The van der Waals surface area contributed by atoms with E-state index >= 15 is 0 Å². The highest BCUT2D eigenvalue weighted by atomic mass is 19.1. The van der Waals surface area contributed by atoms with Crippen molar-refractivity contribution in [2.45, 2.75) is 18.6 Å². The Morgan fingerprint density at radius 3 is 2.22 bits per heavy atom. The van der Waals surface area contributed by atoms with Gasteiger partial charge in [0.2, 0.25) is 0 Å². The minimum Gasteiger partial charge on any atom is -0.507 e. The summed E-state index contributed by atoms with van der Waals surface area (Å²) in [5.74, 6) is -2.55. The Bertz CT molecular complexity index is 1370. The van der Waals surface area contributed by atoms with Crippen LogP contribution in [0.2, 0.25) is 0 Å². The van der Waals surface area contributed by atoms with Crippen molar-refractivity contribution in [2.24, 2.45) is 4.99 Å². The number of carbonyl (C=O) groups is 3. The van der Waals surface area contributed by atoms with Crippen LogP contribution in [0, 0.1) is 5.82 Å². The molecule has 0 bridgehead atoms. The maximum Gasteiger partial charge on any atom is 0.251 e. The van der Waals surface area contributed by atoms with Crippen LogP contribution in [0.25, 0.3) is 0 Å². The van der Waals surface area contributed by atoms with Crippen LogP contribution in [0.4, 0.5) is 4.39 Å². The number of aromatic hydroxyl groups is 1. The molecule has 8 nitrogen and oxygen atoms in total. The third kappa shape index (κ3) is 4.60. The molecule has 3 aromatic rings. The second-order valence-electron chi connectivity index (χ2n) is 8.74. The van der Waals surface area contributed by atoms with Gasteiger partial charge in [-0.25, -0.2) is 4.39 Å². The molecule has 0 saturated carbocycles. The number of nitrogens with zero attached hydrogens (tertiary/aromatic N) is 1. The normalized spacial score (nSPS) is 18.0. The second-order valence-corrected chi connectivity index (χ2v) is 8.74. The van der Waals surface area contributed by atoms with Crippen LogP contribution in [0.5, 0.6) is 5.75 Å². The lowest BCUT2D eigenvalue weighted by atomic mass is 10.0. The molecular formula is C27H23FN4O4. The van der Waals surface area contributed by atoms with E-state index in [2.05, 4.69) is 20.9 Å². The summed E-state index contributed by atoms with van der Waals surface area (Å²) >= 11 is 0. The van der Waals surface area contributed by atoms with Crippen LogP contribution in [0.15, 0.2) is 65.7 Å². The third-order valence-electron chi connectivity index (χ3n) is 6.38. The molecule has 36 heavy (non-hydrogen) atoms. The van der Waals surface area contributed by atoms with Crippen LogP contribution in [0.3, 0.4) is 0 Å². The third-order valence-corrected chi connectivity index (χ3v) is 6.38. The lowest BCUT2D eigenvalue weighted by Crippen LogP contribution is -2.51. The molecule has 182 valence electrons. The predicted octanol–water partition coefficient (Wildman–Crippen LogP) is 2.20. The van der Waals surface area contributed by atoms with E-state index in [0.717, 1.165) is 17.2 Å². The van der Waals surface area contributed by atoms with Gasteiger partial charge in [-0.1, -0.05) is 24.3 Å². The monoisotopic (exact) mass is 486 g/mol. The quantitative estimate of drug-likeness (QED) is 0.398.